The van der Waals surface area contributed by atoms with Crippen LogP contribution in [-0.2, 0) is 15.1 Å². The van der Waals surface area contributed by atoms with E-state index in [2.05, 4.69) is 13.8 Å². The molecule has 25 heavy (non-hydrogen) atoms. The van der Waals surface area contributed by atoms with Crippen LogP contribution in [0.25, 0.3) is 0 Å². The molecule has 3 heteroatoms. The van der Waals surface area contributed by atoms with Gasteiger partial charge >= 0.3 is 0 Å². The van der Waals surface area contributed by atoms with E-state index < -0.39 is 17.5 Å². The number of hydrogen-bond donors (Lipinski definition) is 1. The minimum Gasteiger partial charge on any atom is -0.378 e. The molecule has 136 valence electrons. The van der Waals surface area contributed by atoms with E-state index >= 15 is 0 Å². The molecular formula is C22H30O3. The van der Waals surface area contributed by atoms with Crippen LogP contribution in [0.5, 0.6) is 0 Å². The maximum absolute atomic E-state index is 11.7. The minimum absolute atomic E-state index is 0.377. The number of ether oxygens (including phenoxy) is 2. The fraction of sp³-hybridized carbons (Fsp3) is 0.455. The van der Waals surface area contributed by atoms with Crippen molar-refractivity contribution in [3.8, 4) is 0 Å². The van der Waals surface area contributed by atoms with Crippen molar-refractivity contribution in [1.82, 2.24) is 0 Å². The normalized spacial score (nSPS) is 19.2. The fourth-order valence-electron chi connectivity index (χ4n) is 3.30. The number of benzene rings is 2. The molecule has 1 saturated heterocycles. The van der Waals surface area contributed by atoms with Crippen LogP contribution in [0, 0.1) is 0 Å². The van der Waals surface area contributed by atoms with E-state index in [1.54, 1.807) is 0 Å². The Morgan fingerprint density at radius 2 is 1.36 bits per heavy atom. The van der Waals surface area contributed by atoms with E-state index in [0.29, 0.717) is 6.61 Å². The molecule has 1 N–H and O–H groups in total. The third-order valence-electron chi connectivity index (χ3n) is 4.83. The quantitative estimate of drug-likeness (QED) is 0.841. The van der Waals surface area contributed by atoms with E-state index in [4.69, 9.17) is 9.47 Å². The molecule has 1 heterocycles. The molecule has 1 unspecified atom stereocenters. The summed E-state index contributed by atoms with van der Waals surface area (Å²) in [5, 5.41) is 11.7. The Kier molecular flexibility index (Phi) is 6.77. The van der Waals surface area contributed by atoms with Gasteiger partial charge in [0.25, 0.3) is 0 Å². The first-order valence-electron chi connectivity index (χ1n) is 9.30. The van der Waals surface area contributed by atoms with E-state index in [1.165, 1.54) is 0 Å². The van der Waals surface area contributed by atoms with Crippen LogP contribution in [0.2, 0.25) is 0 Å². The smallest absolute Gasteiger partial charge is 0.168 e. The van der Waals surface area contributed by atoms with Gasteiger partial charge in [0.1, 0.15) is 11.7 Å². The van der Waals surface area contributed by atoms with Crippen molar-refractivity contribution in [2.75, 3.05) is 6.61 Å². The van der Waals surface area contributed by atoms with Gasteiger partial charge in [-0.05, 0) is 24.0 Å². The molecule has 1 fully saturated rings. The maximum atomic E-state index is 11.7. The molecule has 1 atom stereocenters. The zero-order chi connectivity index (χ0) is 18.3. The summed E-state index contributed by atoms with van der Waals surface area (Å²) in [6.45, 7) is 8.48. The lowest BCUT2D eigenvalue weighted by atomic mass is 9.82. The molecule has 2 aromatic carbocycles. The summed E-state index contributed by atoms with van der Waals surface area (Å²) in [5.41, 5.74) is 0.417. The maximum Gasteiger partial charge on any atom is 0.168 e. The Balaban J connectivity index is 0.00000109. The second kappa shape index (κ2) is 8.61. The monoisotopic (exact) mass is 342 g/mol. The first-order chi connectivity index (χ1) is 12.1. The van der Waals surface area contributed by atoms with Crippen LogP contribution < -0.4 is 0 Å². The first kappa shape index (κ1) is 19.6. The van der Waals surface area contributed by atoms with E-state index in [1.807, 2.05) is 74.5 Å². The average molecular weight is 342 g/mol. The highest BCUT2D eigenvalue weighted by Crippen LogP contribution is 2.42. The number of rotatable bonds is 5. The Morgan fingerprint density at radius 1 is 0.920 bits per heavy atom. The van der Waals surface area contributed by atoms with Gasteiger partial charge in [0.15, 0.2) is 5.79 Å². The topological polar surface area (TPSA) is 38.7 Å². The molecule has 0 spiro atoms. The van der Waals surface area contributed by atoms with Gasteiger partial charge in [-0.3, -0.25) is 0 Å². The zero-order valence-corrected chi connectivity index (χ0v) is 15.7. The lowest BCUT2D eigenvalue weighted by Gasteiger charge is -2.35. The van der Waals surface area contributed by atoms with E-state index in [0.717, 1.165) is 24.0 Å². The second-order valence-electron chi connectivity index (χ2n) is 6.03. The molecule has 1 aliphatic rings. The second-order valence-corrected chi connectivity index (χ2v) is 6.03. The SMILES string of the molecule is CC.CCC1(CC)OCC(C(O)(c2ccccc2)c2ccccc2)O1. The van der Waals surface area contributed by atoms with Crippen LogP contribution in [-0.4, -0.2) is 23.6 Å². The van der Waals surface area contributed by atoms with Crippen LogP contribution in [0.1, 0.15) is 51.7 Å². The van der Waals surface area contributed by atoms with Crippen molar-refractivity contribution in [2.24, 2.45) is 0 Å². The highest BCUT2D eigenvalue weighted by Gasteiger charge is 2.50. The zero-order valence-electron chi connectivity index (χ0n) is 15.7. The van der Waals surface area contributed by atoms with Crippen molar-refractivity contribution >= 4 is 0 Å². The van der Waals surface area contributed by atoms with Crippen molar-refractivity contribution < 1.29 is 14.6 Å². The lowest BCUT2D eigenvalue weighted by Crippen LogP contribution is -2.43. The third-order valence-corrected chi connectivity index (χ3v) is 4.83. The van der Waals surface area contributed by atoms with Gasteiger partial charge in [-0.25, -0.2) is 0 Å². The van der Waals surface area contributed by atoms with Crippen LogP contribution in [0.15, 0.2) is 60.7 Å². The molecule has 0 saturated carbocycles. The molecule has 3 rings (SSSR count). The summed E-state index contributed by atoms with van der Waals surface area (Å²) in [7, 11) is 0. The Bertz CT molecular complexity index is 581. The highest BCUT2D eigenvalue weighted by atomic mass is 16.7. The van der Waals surface area contributed by atoms with Gasteiger partial charge in [0.05, 0.1) is 6.61 Å². The fourth-order valence-corrected chi connectivity index (χ4v) is 3.30. The van der Waals surface area contributed by atoms with Crippen molar-refractivity contribution in [1.29, 1.82) is 0 Å². The van der Waals surface area contributed by atoms with Crippen molar-refractivity contribution in [3.63, 3.8) is 0 Å². The summed E-state index contributed by atoms with van der Waals surface area (Å²) in [6.07, 6.45) is 1.09. The van der Waals surface area contributed by atoms with Gasteiger partial charge in [-0.15, -0.1) is 0 Å². The molecule has 2 aromatic rings. The number of aliphatic hydroxyl groups is 1. The molecule has 3 nitrogen and oxygen atoms in total. The molecule has 0 bridgehead atoms. The van der Waals surface area contributed by atoms with Gasteiger partial charge in [0.2, 0.25) is 0 Å². The molecule has 0 amide bonds. The van der Waals surface area contributed by atoms with Crippen LogP contribution in [0.4, 0.5) is 0 Å². The predicted octanol–water partition coefficient (Wildman–Crippen LogP) is 4.88. The summed E-state index contributed by atoms with van der Waals surface area (Å²) in [6, 6.07) is 19.4. The number of hydrogen-bond acceptors (Lipinski definition) is 3. The Labute approximate surface area is 151 Å². The Morgan fingerprint density at radius 3 is 1.72 bits per heavy atom. The third kappa shape index (κ3) is 3.79. The molecule has 1 aliphatic heterocycles. The van der Waals surface area contributed by atoms with Gasteiger partial charge in [-0.2, -0.15) is 0 Å². The Hall–Kier alpha value is -1.68. The average Bonchev–Trinajstić information content (AvgIpc) is 3.16. The van der Waals surface area contributed by atoms with Gasteiger partial charge in [0, 0.05) is 0 Å². The first-order valence-corrected chi connectivity index (χ1v) is 9.30. The van der Waals surface area contributed by atoms with Crippen LogP contribution in [0.3, 0.4) is 0 Å². The van der Waals surface area contributed by atoms with E-state index in [9.17, 15) is 5.11 Å². The summed E-state index contributed by atoms with van der Waals surface area (Å²) in [5.74, 6) is -0.595. The molecule has 0 aliphatic carbocycles. The highest BCUT2D eigenvalue weighted by molar-refractivity contribution is 5.38. The predicted molar refractivity (Wildman–Crippen MR) is 101 cm³/mol. The van der Waals surface area contributed by atoms with Gasteiger partial charge < -0.3 is 14.6 Å². The summed E-state index contributed by atoms with van der Waals surface area (Å²) in [4.78, 5) is 0. The summed E-state index contributed by atoms with van der Waals surface area (Å²) >= 11 is 0. The molecule has 0 radical (unpaired) electrons. The molecule has 0 aromatic heterocycles. The van der Waals surface area contributed by atoms with E-state index in [-0.39, 0.29) is 0 Å². The van der Waals surface area contributed by atoms with Crippen LogP contribution >= 0.6 is 0 Å². The lowest BCUT2D eigenvalue weighted by molar-refractivity contribution is -0.191. The minimum atomic E-state index is -1.23. The summed E-state index contributed by atoms with van der Waals surface area (Å²) < 4.78 is 12.2. The standard InChI is InChI=1S/C20H24O3.C2H6/c1-3-19(4-2)22-15-18(23-19)20(21,16-11-7-5-8-12-16)17-13-9-6-10-14-17;1-2/h5-14,18,21H,3-4,15H2,1-2H3;1-2H3. The molecular weight excluding hydrogens is 312 g/mol. The van der Waals surface area contributed by atoms with Crippen molar-refractivity contribution in [3.05, 3.63) is 71.8 Å². The largest absolute Gasteiger partial charge is 0.378 e. The van der Waals surface area contributed by atoms with Crippen molar-refractivity contribution in [2.45, 2.75) is 58.0 Å². The van der Waals surface area contributed by atoms with Gasteiger partial charge in [-0.1, -0.05) is 88.4 Å².